The number of rotatable bonds is 8. The molecule has 0 saturated carbocycles. The number of aromatic nitrogens is 3. The maximum absolute atomic E-state index is 13.4. The summed E-state index contributed by atoms with van der Waals surface area (Å²) in [7, 11) is 3.21. The molecule has 2 aromatic carbocycles. The van der Waals surface area contributed by atoms with Crippen molar-refractivity contribution in [2.75, 3.05) is 20.8 Å². The summed E-state index contributed by atoms with van der Waals surface area (Å²) in [6.07, 6.45) is 2.25. The minimum Gasteiger partial charge on any atom is -0.497 e. The molecule has 0 aliphatic rings. The van der Waals surface area contributed by atoms with Crippen molar-refractivity contribution < 1.29 is 14.3 Å². The maximum atomic E-state index is 13.4. The van der Waals surface area contributed by atoms with E-state index in [1.54, 1.807) is 43.2 Å². The summed E-state index contributed by atoms with van der Waals surface area (Å²) in [5.41, 5.74) is 2.50. The van der Waals surface area contributed by atoms with Gasteiger partial charge in [-0.15, -0.1) is 0 Å². The van der Waals surface area contributed by atoms with E-state index in [0.29, 0.717) is 30.0 Å². The molecule has 0 atom stereocenters. The minimum absolute atomic E-state index is 0.0255. The SMILES string of the molecule is COc1ccc(CCNC(=O)c2cc3c(=O)n4ccccc4nc3n(Cc3ccc(OC)cc3)c2=N)cc1. The number of nitrogens with zero attached hydrogens (tertiary/aromatic N) is 3. The van der Waals surface area contributed by atoms with Gasteiger partial charge in [0.25, 0.3) is 11.5 Å². The number of hydrogen-bond donors (Lipinski definition) is 2. The number of carbonyl (C=O) groups excluding carboxylic acids is 1. The number of amides is 1. The van der Waals surface area contributed by atoms with Crippen LogP contribution in [-0.4, -0.2) is 40.6 Å². The van der Waals surface area contributed by atoms with Crippen LogP contribution in [0.2, 0.25) is 0 Å². The number of benzene rings is 2. The highest BCUT2D eigenvalue weighted by molar-refractivity contribution is 5.96. The van der Waals surface area contributed by atoms with Gasteiger partial charge in [0.2, 0.25) is 0 Å². The van der Waals surface area contributed by atoms with Crippen LogP contribution in [0.1, 0.15) is 21.5 Å². The average Bonchev–Trinajstić information content (AvgIpc) is 2.95. The summed E-state index contributed by atoms with van der Waals surface area (Å²) in [6.45, 7) is 0.623. The van der Waals surface area contributed by atoms with Gasteiger partial charge in [0, 0.05) is 12.7 Å². The van der Waals surface area contributed by atoms with Gasteiger partial charge in [-0.2, -0.15) is 0 Å². The van der Waals surface area contributed by atoms with E-state index in [0.717, 1.165) is 16.9 Å². The Kier molecular flexibility index (Phi) is 6.90. The standard InChI is InChI=1S/C29H27N5O4/c1-37-21-10-6-19(7-11-21)14-15-31-28(35)23-17-24-27(32-25-5-3-4-16-33(25)29(24)36)34(26(23)30)18-20-8-12-22(38-2)13-9-20/h3-13,16-17,30H,14-15,18H2,1-2H3,(H,31,35). The van der Waals surface area contributed by atoms with E-state index in [1.807, 2.05) is 48.5 Å². The summed E-state index contributed by atoms with van der Waals surface area (Å²) in [5.74, 6) is 1.05. The van der Waals surface area contributed by atoms with Crippen LogP contribution in [0, 0.1) is 5.41 Å². The van der Waals surface area contributed by atoms with Crippen molar-refractivity contribution in [1.82, 2.24) is 19.3 Å². The molecule has 192 valence electrons. The first kappa shape index (κ1) is 24.8. The maximum Gasteiger partial charge on any atom is 0.267 e. The van der Waals surface area contributed by atoms with Crippen LogP contribution in [0.25, 0.3) is 16.7 Å². The number of pyridine rings is 2. The van der Waals surface area contributed by atoms with Crippen LogP contribution < -0.4 is 25.8 Å². The van der Waals surface area contributed by atoms with Gasteiger partial charge in [0.1, 0.15) is 28.3 Å². The third kappa shape index (κ3) is 4.86. The summed E-state index contributed by atoms with van der Waals surface area (Å²) < 4.78 is 13.5. The highest BCUT2D eigenvalue weighted by atomic mass is 16.5. The Balaban J connectivity index is 1.53. The molecule has 2 N–H and O–H groups in total. The fourth-order valence-corrected chi connectivity index (χ4v) is 4.34. The van der Waals surface area contributed by atoms with Crippen molar-refractivity contribution in [3.8, 4) is 11.5 Å². The average molecular weight is 510 g/mol. The first-order valence-corrected chi connectivity index (χ1v) is 12.1. The number of ether oxygens (including phenoxy) is 2. The summed E-state index contributed by atoms with van der Waals surface area (Å²) in [6, 6.07) is 21.8. The van der Waals surface area contributed by atoms with Crippen LogP contribution >= 0.6 is 0 Å². The molecule has 5 rings (SSSR count). The molecule has 3 aromatic heterocycles. The quantitative estimate of drug-likeness (QED) is 0.312. The van der Waals surface area contributed by atoms with E-state index in [1.165, 1.54) is 10.5 Å². The molecule has 0 saturated heterocycles. The fraction of sp³-hybridized carbons (Fsp3) is 0.172. The molecule has 5 aromatic rings. The van der Waals surface area contributed by atoms with Gasteiger partial charge in [-0.3, -0.25) is 19.4 Å². The van der Waals surface area contributed by atoms with Crippen molar-refractivity contribution in [1.29, 1.82) is 5.41 Å². The largest absolute Gasteiger partial charge is 0.497 e. The van der Waals surface area contributed by atoms with Crippen molar-refractivity contribution in [2.45, 2.75) is 13.0 Å². The smallest absolute Gasteiger partial charge is 0.267 e. The first-order chi connectivity index (χ1) is 18.5. The predicted molar refractivity (Wildman–Crippen MR) is 144 cm³/mol. The molecular weight excluding hydrogens is 482 g/mol. The van der Waals surface area contributed by atoms with E-state index in [4.69, 9.17) is 14.9 Å². The molecule has 0 aliphatic carbocycles. The lowest BCUT2D eigenvalue weighted by Crippen LogP contribution is -2.35. The lowest BCUT2D eigenvalue weighted by Gasteiger charge is -2.15. The molecule has 0 bridgehead atoms. The molecular formula is C29H27N5O4. The Morgan fingerprint density at radius 1 is 0.947 bits per heavy atom. The van der Waals surface area contributed by atoms with Crippen LogP contribution in [0.3, 0.4) is 0 Å². The van der Waals surface area contributed by atoms with Crippen LogP contribution in [0.5, 0.6) is 11.5 Å². The van der Waals surface area contributed by atoms with Crippen molar-refractivity contribution >= 4 is 22.6 Å². The van der Waals surface area contributed by atoms with Gasteiger partial charge >= 0.3 is 0 Å². The normalized spacial score (nSPS) is 11.0. The molecule has 9 nitrogen and oxygen atoms in total. The van der Waals surface area contributed by atoms with Gasteiger partial charge in [-0.25, -0.2) is 4.98 Å². The van der Waals surface area contributed by atoms with Crippen molar-refractivity contribution in [3.63, 3.8) is 0 Å². The topological polar surface area (TPSA) is 111 Å². The summed E-state index contributed by atoms with van der Waals surface area (Å²) in [5, 5.41) is 12.1. The highest BCUT2D eigenvalue weighted by Crippen LogP contribution is 2.16. The zero-order valence-electron chi connectivity index (χ0n) is 21.1. The highest BCUT2D eigenvalue weighted by Gasteiger charge is 2.18. The zero-order chi connectivity index (χ0) is 26.6. The second-order valence-electron chi connectivity index (χ2n) is 8.78. The lowest BCUT2D eigenvalue weighted by molar-refractivity contribution is 0.0951. The predicted octanol–water partition coefficient (Wildman–Crippen LogP) is 3.17. The number of methoxy groups -OCH3 is 2. The molecule has 0 aliphatic heterocycles. The molecule has 0 spiro atoms. The van der Waals surface area contributed by atoms with E-state index in [9.17, 15) is 9.59 Å². The second kappa shape index (κ2) is 10.6. The molecule has 1 amide bonds. The number of carbonyl (C=O) groups is 1. The van der Waals surface area contributed by atoms with Gasteiger partial charge in [0.05, 0.1) is 31.7 Å². The van der Waals surface area contributed by atoms with Crippen LogP contribution in [-0.2, 0) is 13.0 Å². The van der Waals surface area contributed by atoms with E-state index >= 15 is 0 Å². The van der Waals surface area contributed by atoms with E-state index < -0.39 is 5.91 Å². The van der Waals surface area contributed by atoms with Crippen LogP contribution in [0.15, 0.2) is 83.8 Å². The molecule has 9 heteroatoms. The zero-order valence-corrected chi connectivity index (χ0v) is 21.1. The number of nitrogens with one attached hydrogen (secondary N) is 2. The molecule has 0 unspecified atom stereocenters. The minimum atomic E-state index is -0.425. The number of hydrogen-bond acceptors (Lipinski definition) is 6. The van der Waals surface area contributed by atoms with Gasteiger partial charge < -0.3 is 19.4 Å². The summed E-state index contributed by atoms with van der Waals surface area (Å²) in [4.78, 5) is 31.3. The molecule has 3 heterocycles. The molecule has 0 fully saturated rings. The molecule has 38 heavy (non-hydrogen) atoms. The van der Waals surface area contributed by atoms with Crippen molar-refractivity contribution in [2.24, 2.45) is 0 Å². The van der Waals surface area contributed by atoms with Crippen molar-refractivity contribution in [3.05, 3.63) is 112 Å². The third-order valence-corrected chi connectivity index (χ3v) is 6.42. The monoisotopic (exact) mass is 509 g/mol. The Hall–Kier alpha value is -4.92. The Morgan fingerprint density at radius 2 is 1.61 bits per heavy atom. The Morgan fingerprint density at radius 3 is 2.26 bits per heavy atom. The van der Waals surface area contributed by atoms with Gasteiger partial charge in [0.15, 0.2) is 0 Å². The Bertz CT molecular complexity index is 1740. The Labute approximate surface area is 218 Å². The lowest BCUT2D eigenvalue weighted by atomic mass is 10.1. The second-order valence-corrected chi connectivity index (χ2v) is 8.78. The molecule has 0 radical (unpaired) electrons. The van der Waals surface area contributed by atoms with Gasteiger partial charge in [-0.05, 0) is 60.0 Å². The fourth-order valence-electron chi connectivity index (χ4n) is 4.34. The van der Waals surface area contributed by atoms with E-state index in [-0.39, 0.29) is 28.5 Å². The first-order valence-electron chi connectivity index (χ1n) is 12.1. The van der Waals surface area contributed by atoms with Gasteiger partial charge in [-0.1, -0.05) is 30.3 Å². The third-order valence-electron chi connectivity index (χ3n) is 6.42. The van der Waals surface area contributed by atoms with Crippen LogP contribution in [0.4, 0.5) is 0 Å². The summed E-state index contributed by atoms with van der Waals surface area (Å²) >= 11 is 0. The number of fused-ring (bicyclic) bond motifs is 2. The van der Waals surface area contributed by atoms with E-state index in [2.05, 4.69) is 10.3 Å².